The van der Waals surface area contributed by atoms with Crippen molar-refractivity contribution >= 4 is 40.8 Å². The molecule has 3 rings (SSSR count). The SMILES string of the molecule is CCCN(CCC)c1cc(Cl)nc(SCc2cccc(C(=O)Nc3ccc(F)cc3)c2)n1. The van der Waals surface area contributed by atoms with E-state index in [9.17, 15) is 9.18 Å². The molecule has 0 atom stereocenters. The van der Waals surface area contributed by atoms with Gasteiger partial charge in [-0.25, -0.2) is 14.4 Å². The van der Waals surface area contributed by atoms with E-state index in [-0.39, 0.29) is 11.7 Å². The van der Waals surface area contributed by atoms with Gasteiger partial charge in [0.25, 0.3) is 5.91 Å². The summed E-state index contributed by atoms with van der Waals surface area (Å²) < 4.78 is 13.1. The number of halogens is 2. The summed E-state index contributed by atoms with van der Waals surface area (Å²) in [6.07, 6.45) is 2.05. The third kappa shape index (κ3) is 6.93. The Labute approximate surface area is 197 Å². The molecule has 1 aromatic heterocycles. The van der Waals surface area contributed by atoms with Gasteiger partial charge in [0.05, 0.1) is 0 Å². The van der Waals surface area contributed by atoms with Crippen molar-refractivity contribution in [1.29, 1.82) is 0 Å². The van der Waals surface area contributed by atoms with Crippen LogP contribution in [0, 0.1) is 5.82 Å². The molecule has 0 aliphatic rings. The van der Waals surface area contributed by atoms with E-state index < -0.39 is 0 Å². The molecule has 0 fully saturated rings. The fourth-order valence-corrected chi connectivity index (χ4v) is 4.20. The van der Waals surface area contributed by atoms with Crippen LogP contribution in [0.4, 0.5) is 15.9 Å². The molecule has 1 amide bonds. The number of carbonyl (C=O) groups excluding carboxylic acids is 1. The van der Waals surface area contributed by atoms with Crippen LogP contribution in [0.25, 0.3) is 0 Å². The van der Waals surface area contributed by atoms with Gasteiger partial charge in [-0.3, -0.25) is 4.79 Å². The zero-order valence-corrected chi connectivity index (χ0v) is 19.7. The molecule has 32 heavy (non-hydrogen) atoms. The molecule has 0 aliphatic heterocycles. The molecule has 168 valence electrons. The maximum atomic E-state index is 13.1. The van der Waals surface area contributed by atoms with E-state index in [1.165, 1.54) is 36.0 Å². The van der Waals surface area contributed by atoms with Crippen LogP contribution in [0.5, 0.6) is 0 Å². The number of nitrogens with one attached hydrogen (secondary N) is 1. The van der Waals surface area contributed by atoms with Gasteiger partial charge >= 0.3 is 0 Å². The second kappa shape index (κ2) is 11.8. The van der Waals surface area contributed by atoms with Crippen molar-refractivity contribution in [1.82, 2.24) is 9.97 Å². The highest BCUT2D eigenvalue weighted by atomic mass is 35.5. The Bertz CT molecular complexity index is 1040. The number of rotatable bonds is 10. The molecule has 1 heterocycles. The van der Waals surface area contributed by atoms with E-state index in [1.54, 1.807) is 12.1 Å². The maximum absolute atomic E-state index is 13.1. The van der Waals surface area contributed by atoms with Crippen LogP contribution in [-0.4, -0.2) is 29.0 Å². The summed E-state index contributed by atoms with van der Waals surface area (Å²) in [5.41, 5.74) is 2.03. The molecule has 0 spiro atoms. The van der Waals surface area contributed by atoms with Crippen LogP contribution in [0.3, 0.4) is 0 Å². The van der Waals surface area contributed by atoms with Gasteiger partial charge in [-0.1, -0.05) is 49.3 Å². The predicted octanol–water partition coefficient (Wildman–Crippen LogP) is 6.44. The van der Waals surface area contributed by atoms with Crippen LogP contribution in [0.1, 0.15) is 42.6 Å². The second-order valence-corrected chi connectivity index (χ2v) is 8.60. The van der Waals surface area contributed by atoms with E-state index in [1.807, 2.05) is 18.2 Å². The number of benzene rings is 2. The van der Waals surface area contributed by atoms with E-state index in [4.69, 9.17) is 16.6 Å². The average molecular weight is 473 g/mol. The molecule has 0 radical (unpaired) electrons. The summed E-state index contributed by atoms with van der Waals surface area (Å²) in [4.78, 5) is 23.8. The van der Waals surface area contributed by atoms with Crippen molar-refractivity contribution in [2.75, 3.05) is 23.3 Å². The van der Waals surface area contributed by atoms with Crippen molar-refractivity contribution in [3.05, 3.63) is 76.7 Å². The lowest BCUT2D eigenvalue weighted by Crippen LogP contribution is -2.26. The molecule has 3 aromatic rings. The van der Waals surface area contributed by atoms with Crippen molar-refractivity contribution in [2.45, 2.75) is 37.6 Å². The topological polar surface area (TPSA) is 58.1 Å². The van der Waals surface area contributed by atoms with Crippen molar-refractivity contribution in [3.63, 3.8) is 0 Å². The van der Waals surface area contributed by atoms with Crippen molar-refractivity contribution in [3.8, 4) is 0 Å². The van der Waals surface area contributed by atoms with Crippen LogP contribution in [-0.2, 0) is 5.75 Å². The Balaban J connectivity index is 1.68. The number of anilines is 2. The quantitative estimate of drug-likeness (QED) is 0.209. The number of thioether (sulfide) groups is 1. The van der Waals surface area contributed by atoms with Crippen LogP contribution in [0.15, 0.2) is 59.8 Å². The third-order valence-corrected chi connectivity index (χ3v) is 5.74. The highest BCUT2D eigenvalue weighted by molar-refractivity contribution is 7.98. The zero-order chi connectivity index (χ0) is 22.9. The number of hydrogen-bond acceptors (Lipinski definition) is 5. The Morgan fingerprint density at radius 3 is 2.47 bits per heavy atom. The molecule has 0 saturated heterocycles. The minimum Gasteiger partial charge on any atom is -0.356 e. The van der Waals surface area contributed by atoms with E-state index in [0.29, 0.717) is 27.3 Å². The molecule has 0 saturated carbocycles. The molecular formula is C24H26ClFN4OS. The first-order chi connectivity index (χ1) is 15.5. The standard InChI is InChI=1S/C24H26ClFN4OS/c1-3-12-30(13-4-2)22-15-21(25)28-24(29-22)32-16-17-6-5-7-18(14-17)23(31)27-20-10-8-19(26)9-11-20/h5-11,14-15H,3-4,12-13,16H2,1-2H3,(H,27,31). The Kier molecular flexibility index (Phi) is 8.88. The zero-order valence-electron chi connectivity index (χ0n) is 18.1. The van der Waals surface area contributed by atoms with Gasteiger partial charge in [0.1, 0.15) is 16.8 Å². The summed E-state index contributed by atoms with van der Waals surface area (Å²) >= 11 is 7.74. The second-order valence-electron chi connectivity index (χ2n) is 7.27. The number of amides is 1. The van der Waals surface area contributed by atoms with Gasteiger partial charge < -0.3 is 10.2 Å². The smallest absolute Gasteiger partial charge is 0.255 e. The molecule has 0 aliphatic carbocycles. The van der Waals surface area contributed by atoms with E-state index in [2.05, 4.69) is 29.0 Å². The fraction of sp³-hybridized carbons (Fsp3) is 0.292. The minimum absolute atomic E-state index is 0.250. The summed E-state index contributed by atoms with van der Waals surface area (Å²) in [6, 6.07) is 14.8. The molecule has 5 nitrogen and oxygen atoms in total. The molecule has 2 aromatic carbocycles. The maximum Gasteiger partial charge on any atom is 0.255 e. The number of carbonyl (C=O) groups is 1. The lowest BCUT2D eigenvalue weighted by Gasteiger charge is -2.22. The number of hydrogen-bond donors (Lipinski definition) is 1. The van der Waals surface area contributed by atoms with Gasteiger partial charge in [0.15, 0.2) is 5.16 Å². The van der Waals surface area contributed by atoms with E-state index >= 15 is 0 Å². The average Bonchev–Trinajstić information content (AvgIpc) is 2.79. The van der Waals surface area contributed by atoms with Crippen molar-refractivity contribution < 1.29 is 9.18 Å². The van der Waals surface area contributed by atoms with Crippen LogP contribution >= 0.6 is 23.4 Å². The third-order valence-electron chi connectivity index (χ3n) is 4.63. The van der Waals surface area contributed by atoms with Crippen molar-refractivity contribution in [2.24, 2.45) is 0 Å². The summed E-state index contributed by atoms with van der Waals surface area (Å²) in [5.74, 6) is 0.836. The first-order valence-corrected chi connectivity index (χ1v) is 11.9. The lowest BCUT2D eigenvalue weighted by atomic mass is 10.1. The fourth-order valence-electron chi connectivity index (χ4n) is 3.18. The van der Waals surface area contributed by atoms with E-state index in [0.717, 1.165) is 37.3 Å². The van der Waals surface area contributed by atoms with Gasteiger partial charge in [-0.15, -0.1) is 0 Å². The number of nitrogens with zero attached hydrogens (tertiary/aromatic N) is 3. The summed E-state index contributed by atoms with van der Waals surface area (Å²) in [5, 5.41) is 3.80. The Hall–Kier alpha value is -2.64. The highest BCUT2D eigenvalue weighted by Crippen LogP contribution is 2.25. The van der Waals surface area contributed by atoms with Gasteiger partial charge in [0, 0.05) is 36.2 Å². The minimum atomic E-state index is -0.346. The largest absolute Gasteiger partial charge is 0.356 e. The van der Waals surface area contributed by atoms with Gasteiger partial charge in [-0.2, -0.15) is 0 Å². The molecule has 0 bridgehead atoms. The number of aromatic nitrogens is 2. The molecule has 8 heteroatoms. The molecular weight excluding hydrogens is 447 g/mol. The summed E-state index contributed by atoms with van der Waals surface area (Å²) in [7, 11) is 0. The Morgan fingerprint density at radius 2 is 1.78 bits per heavy atom. The first-order valence-electron chi connectivity index (χ1n) is 10.6. The monoisotopic (exact) mass is 472 g/mol. The highest BCUT2D eigenvalue weighted by Gasteiger charge is 2.12. The predicted molar refractivity (Wildman–Crippen MR) is 130 cm³/mol. The first kappa shape index (κ1) is 24.0. The van der Waals surface area contributed by atoms with Gasteiger partial charge in [0.2, 0.25) is 0 Å². The lowest BCUT2D eigenvalue weighted by molar-refractivity contribution is 0.102. The normalized spacial score (nSPS) is 10.8. The molecule has 1 N–H and O–H groups in total. The summed E-state index contributed by atoms with van der Waals surface area (Å²) in [6.45, 7) is 6.10. The Morgan fingerprint density at radius 1 is 1.06 bits per heavy atom. The van der Waals surface area contributed by atoms with Crippen LogP contribution in [0.2, 0.25) is 5.15 Å². The molecule has 0 unspecified atom stereocenters. The van der Waals surface area contributed by atoms with Crippen LogP contribution < -0.4 is 10.2 Å². The van der Waals surface area contributed by atoms with Gasteiger partial charge in [-0.05, 0) is 54.8 Å².